The van der Waals surface area contributed by atoms with Crippen LogP contribution in [-0.4, -0.2) is 41.0 Å². The van der Waals surface area contributed by atoms with Crippen molar-refractivity contribution in [2.75, 3.05) is 5.32 Å². The molecule has 6 rings (SSSR count). The first-order chi connectivity index (χ1) is 19.2. The maximum absolute atomic E-state index is 16.1. The second-order valence-electron chi connectivity index (χ2n) is 10.7. The lowest BCUT2D eigenvalue weighted by Crippen LogP contribution is -2.19. The van der Waals surface area contributed by atoms with Crippen LogP contribution >= 0.6 is 0 Å². The molecule has 0 spiro atoms. The number of carbonyl (C=O) groups excluding carboxylic acids is 1. The molecule has 200 valence electrons. The maximum Gasteiger partial charge on any atom is 0.224 e. The third-order valence-corrected chi connectivity index (χ3v) is 6.31. The lowest BCUT2D eigenvalue weighted by atomic mass is 9.92. The Labute approximate surface area is 227 Å². The highest BCUT2D eigenvalue weighted by Gasteiger charge is 2.22. The number of aromatic nitrogens is 7. The molecule has 5 heterocycles. The summed E-state index contributed by atoms with van der Waals surface area (Å²) in [6, 6.07) is 9.71. The highest BCUT2D eigenvalue weighted by Crippen LogP contribution is 2.35. The van der Waals surface area contributed by atoms with Gasteiger partial charge in [-0.3, -0.25) is 19.9 Å². The molecule has 0 atom stereocenters. The van der Waals surface area contributed by atoms with E-state index in [0.717, 1.165) is 0 Å². The van der Waals surface area contributed by atoms with Gasteiger partial charge in [0, 0.05) is 35.5 Å². The molecule has 40 heavy (non-hydrogen) atoms. The number of nitrogens with one attached hydrogen (secondary N) is 3. The molecule has 11 heteroatoms. The average Bonchev–Trinajstić information content (AvgIpc) is 3.53. The molecule has 6 aromatic rings. The fraction of sp³-hybridized carbons (Fsp3) is 0.172. The largest absolute Gasteiger partial charge is 0.335 e. The summed E-state index contributed by atoms with van der Waals surface area (Å²) >= 11 is 0. The second kappa shape index (κ2) is 9.60. The molecule has 3 N–H and O–H groups in total. The molecule has 0 aliphatic carbocycles. The van der Waals surface area contributed by atoms with Crippen LogP contribution in [-0.2, 0) is 4.79 Å². The van der Waals surface area contributed by atoms with Crippen molar-refractivity contribution < 1.29 is 13.6 Å². The number of carbonyl (C=O) groups is 1. The van der Waals surface area contributed by atoms with E-state index in [2.05, 4.69) is 40.4 Å². The Kier molecular flexibility index (Phi) is 6.05. The SMILES string of the molecule is CC(C)(C)CC(=O)Nc1cncc(-c2ncc3[nH]nc(-c4nc5nccc(-c6ccccc6F)c5[nH]4)c3c2F)c1. The Balaban J connectivity index is 1.41. The van der Waals surface area contributed by atoms with Gasteiger partial charge in [-0.05, 0) is 23.6 Å². The van der Waals surface area contributed by atoms with Gasteiger partial charge in [0.2, 0.25) is 5.91 Å². The van der Waals surface area contributed by atoms with Crippen molar-refractivity contribution >= 4 is 33.7 Å². The normalized spacial score (nSPS) is 11.8. The van der Waals surface area contributed by atoms with E-state index in [0.29, 0.717) is 45.5 Å². The van der Waals surface area contributed by atoms with Crippen LogP contribution in [0.4, 0.5) is 14.5 Å². The number of benzene rings is 1. The summed E-state index contributed by atoms with van der Waals surface area (Å²) in [6.45, 7) is 5.91. The minimum Gasteiger partial charge on any atom is -0.335 e. The molecule has 9 nitrogen and oxygen atoms in total. The topological polar surface area (TPSA) is 125 Å². The fourth-order valence-electron chi connectivity index (χ4n) is 4.60. The first-order valence-corrected chi connectivity index (χ1v) is 12.6. The molecule has 0 saturated carbocycles. The highest BCUT2D eigenvalue weighted by molar-refractivity contribution is 5.97. The number of amides is 1. The minimum atomic E-state index is -0.635. The van der Waals surface area contributed by atoms with Gasteiger partial charge in [0.25, 0.3) is 0 Å². The van der Waals surface area contributed by atoms with Gasteiger partial charge in [-0.1, -0.05) is 39.0 Å². The summed E-state index contributed by atoms with van der Waals surface area (Å²) < 4.78 is 30.6. The Morgan fingerprint density at radius 2 is 1.82 bits per heavy atom. The van der Waals surface area contributed by atoms with Gasteiger partial charge >= 0.3 is 0 Å². The number of hydrogen-bond donors (Lipinski definition) is 3. The summed E-state index contributed by atoms with van der Waals surface area (Å²) in [5.74, 6) is -0.928. The van der Waals surface area contributed by atoms with E-state index in [1.807, 2.05) is 20.8 Å². The molecule has 1 amide bonds. The fourth-order valence-corrected chi connectivity index (χ4v) is 4.60. The maximum atomic E-state index is 16.1. The molecule has 0 fully saturated rings. The summed E-state index contributed by atoms with van der Waals surface area (Å²) in [5, 5.41) is 10.1. The summed E-state index contributed by atoms with van der Waals surface area (Å²) in [7, 11) is 0. The van der Waals surface area contributed by atoms with Crippen molar-refractivity contribution in [1.29, 1.82) is 0 Å². The van der Waals surface area contributed by atoms with E-state index in [9.17, 15) is 9.18 Å². The van der Waals surface area contributed by atoms with E-state index >= 15 is 4.39 Å². The highest BCUT2D eigenvalue weighted by atomic mass is 19.1. The van der Waals surface area contributed by atoms with E-state index in [-0.39, 0.29) is 39.7 Å². The molecule has 0 unspecified atom stereocenters. The van der Waals surface area contributed by atoms with Gasteiger partial charge in [-0.2, -0.15) is 5.10 Å². The van der Waals surface area contributed by atoms with E-state index in [4.69, 9.17) is 0 Å². The first-order valence-electron chi connectivity index (χ1n) is 12.6. The van der Waals surface area contributed by atoms with Gasteiger partial charge < -0.3 is 10.3 Å². The number of anilines is 1. The van der Waals surface area contributed by atoms with Gasteiger partial charge in [0.1, 0.15) is 17.2 Å². The minimum absolute atomic E-state index is 0.0378. The molecular weight excluding hydrogens is 514 g/mol. The first kappa shape index (κ1) is 25.2. The molecule has 0 radical (unpaired) electrons. The Morgan fingerprint density at radius 3 is 2.62 bits per heavy atom. The quantitative estimate of drug-likeness (QED) is 0.237. The van der Waals surface area contributed by atoms with Gasteiger partial charge in [0.05, 0.1) is 34.5 Å². The Bertz CT molecular complexity index is 1900. The van der Waals surface area contributed by atoms with E-state index in [1.54, 1.807) is 36.5 Å². The van der Waals surface area contributed by atoms with Crippen LogP contribution in [0.5, 0.6) is 0 Å². The number of pyridine rings is 3. The van der Waals surface area contributed by atoms with Gasteiger partial charge in [-0.25, -0.2) is 18.7 Å². The molecule has 0 bridgehead atoms. The van der Waals surface area contributed by atoms with Crippen molar-refractivity contribution in [3.05, 3.63) is 72.8 Å². The predicted molar refractivity (Wildman–Crippen MR) is 148 cm³/mol. The van der Waals surface area contributed by atoms with Crippen LogP contribution in [0.3, 0.4) is 0 Å². The number of fused-ring (bicyclic) bond motifs is 2. The van der Waals surface area contributed by atoms with Crippen molar-refractivity contribution in [1.82, 2.24) is 35.1 Å². The van der Waals surface area contributed by atoms with Crippen molar-refractivity contribution in [2.24, 2.45) is 5.41 Å². The second-order valence-corrected chi connectivity index (χ2v) is 10.7. The molecule has 1 aromatic carbocycles. The Hall–Kier alpha value is -5.06. The molecule has 5 aromatic heterocycles. The monoisotopic (exact) mass is 538 g/mol. The number of halogens is 2. The molecule has 0 aliphatic heterocycles. The van der Waals surface area contributed by atoms with E-state index < -0.39 is 5.82 Å². The number of nitrogens with zero attached hydrogens (tertiary/aromatic N) is 5. The smallest absolute Gasteiger partial charge is 0.224 e. The molecule has 0 saturated heterocycles. The average molecular weight is 539 g/mol. The zero-order chi connectivity index (χ0) is 28.0. The van der Waals surface area contributed by atoms with Crippen LogP contribution in [0.2, 0.25) is 0 Å². The summed E-state index contributed by atoms with van der Waals surface area (Å²) in [6.07, 6.45) is 6.31. The number of rotatable bonds is 5. The van der Waals surface area contributed by atoms with Crippen molar-refractivity contribution in [3.8, 4) is 33.9 Å². The molecule has 0 aliphatic rings. The number of H-pyrrole nitrogens is 2. The lowest BCUT2D eigenvalue weighted by Gasteiger charge is -2.17. The summed E-state index contributed by atoms with van der Waals surface area (Å²) in [4.78, 5) is 32.8. The van der Waals surface area contributed by atoms with Crippen LogP contribution in [0, 0.1) is 17.0 Å². The summed E-state index contributed by atoms with van der Waals surface area (Å²) in [5.41, 5.74) is 3.04. The lowest BCUT2D eigenvalue weighted by molar-refractivity contribution is -0.117. The molecular formula is C29H24F2N8O. The van der Waals surface area contributed by atoms with Crippen LogP contribution in [0.15, 0.2) is 61.2 Å². The van der Waals surface area contributed by atoms with Crippen LogP contribution < -0.4 is 5.32 Å². The zero-order valence-corrected chi connectivity index (χ0v) is 21.9. The third kappa shape index (κ3) is 4.66. The van der Waals surface area contributed by atoms with Crippen molar-refractivity contribution in [2.45, 2.75) is 27.2 Å². The standard InChI is InChI=1S/C29H24F2N8O/c1-29(2,3)11-21(40)35-16-10-15(12-32-13-16)24-23(31)22-20(14-34-24)38-39-26(22)28-36-25-18(8-9-33-27(25)37-28)17-6-4-5-7-19(17)30/h4-10,12-14H,11H2,1-3H3,(H,35,40)(H,38,39)(H,33,36,37). The number of hydrogen-bond acceptors (Lipinski definition) is 6. The Morgan fingerprint density at radius 1 is 1.00 bits per heavy atom. The van der Waals surface area contributed by atoms with Crippen LogP contribution in [0.25, 0.3) is 56.0 Å². The van der Waals surface area contributed by atoms with Crippen LogP contribution in [0.1, 0.15) is 27.2 Å². The number of aromatic amines is 2. The van der Waals surface area contributed by atoms with Gasteiger partial charge in [-0.15, -0.1) is 0 Å². The van der Waals surface area contributed by atoms with Crippen molar-refractivity contribution in [3.63, 3.8) is 0 Å². The van der Waals surface area contributed by atoms with E-state index in [1.165, 1.54) is 24.7 Å². The van der Waals surface area contributed by atoms with Gasteiger partial charge in [0.15, 0.2) is 17.3 Å². The third-order valence-electron chi connectivity index (χ3n) is 6.31. The zero-order valence-electron chi connectivity index (χ0n) is 21.9. The number of imidazole rings is 1. The predicted octanol–water partition coefficient (Wildman–Crippen LogP) is 6.28.